The Labute approximate surface area is 181 Å². The van der Waals surface area contributed by atoms with E-state index in [0.717, 1.165) is 16.8 Å². The Balaban J connectivity index is 1.73. The van der Waals surface area contributed by atoms with Crippen molar-refractivity contribution in [3.8, 4) is 0 Å². The van der Waals surface area contributed by atoms with Gasteiger partial charge in [0.05, 0.1) is 18.7 Å². The summed E-state index contributed by atoms with van der Waals surface area (Å²) in [7, 11) is 0. The van der Waals surface area contributed by atoms with Crippen molar-refractivity contribution in [2.45, 2.75) is 32.5 Å². The maximum absolute atomic E-state index is 13.1. The van der Waals surface area contributed by atoms with Crippen molar-refractivity contribution in [2.24, 2.45) is 0 Å². The largest absolute Gasteiger partial charge is 0.349 e. The molecule has 0 saturated heterocycles. The fraction of sp³-hybridized carbons (Fsp3) is 0.208. The molecular formula is C24H24ClN3O2. The van der Waals surface area contributed by atoms with Crippen LogP contribution in [-0.2, 0) is 29.1 Å². The Hall–Kier alpha value is -3.18. The van der Waals surface area contributed by atoms with Crippen molar-refractivity contribution in [3.63, 3.8) is 0 Å². The molecule has 3 rings (SSSR count). The van der Waals surface area contributed by atoms with Gasteiger partial charge in [0.25, 0.3) is 0 Å². The van der Waals surface area contributed by atoms with Gasteiger partial charge in [-0.05, 0) is 42.3 Å². The zero-order valence-electron chi connectivity index (χ0n) is 16.8. The van der Waals surface area contributed by atoms with Crippen molar-refractivity contribution in [1.82, 2.24) is 15.2 Å². The van der Waals surface area contributed by atoms with Crippen LogP contribution in [0.1, 0.15) is 23.7 Å². The number of amides is 2. The molecule has 1 heterocycles. The van der Waals surface area contributed by atoms with Crippen LogP contribution in [0.25, 0.3) is 0 Å². The molecule has 0 aliphatic rings. The first-order chi connectivity index (χ1) is 14.5. The molecule has 0 radical (unpaired) electrons. The summed E-state index contributed by atoms with van der Waals surface area (Å²) >= 11 is 5.98. The van der Waals surface area contributed by atoms with E-state index in [9.17, 15) is 9.59 Å². The van der Waals surface area contributed by atoms with E-state index in [-0.39, 0.29) is 18.2 Å². The van der Waals surface area contributed by atoms with Gasteiger partial charge in [0.2, 0.25) is 11.8 Å². The molecule has 154 valence electrons. The molecular weight excluding hydrogens is 398 g/mol. The Morgan fingerprint density at radius 2 is 1.67 bits per heavy atom. The van der Waals surface area contributed by atoms with Gasteiger partial charge in [-0.3, -0.25) is 14.6 Å². The van der Waals surface area contributed by atoms with Crippen LogP contribution in [0.2, 0.25) is 5.02 Å². The number of aromatic nitrogens is 1. The first-order valence-corrected chi connectivity index (χ1v) is 10.2. The maximum Gasteiger partial charge on any atom is 0.242 e. The number of halogens is 1. The summed E-state index contributed by atoms with van der Waals surface area (Å²) < 4.78 is 0. The van der Waals surface area contributed by atoms with Crippen LogP contribution in [0.3, 0.4) is 0 Å². The molecule has 1 atom stereocenters. The van der Waals surface area contributed by atoms with Gasteiger partial charge in [0, 0.05) is 17.8 Å². The zero-order valence-corrected chi connectivity index (χ0v) is 17.5. The molecule has 3 aromatic rings. The normalized spacial score (nSPS) is 11.5. The van der Waals surface area contributed by atoms with Crippen LogP contribution >= 0.6 is 11.6 Å². The molecule has 2 amide bonds. The summed E-state index contributed by atoms with van der Waals surface area (Å²) in [6.07, 6.45) is 1.91. The van der Waals surface area contributed by atoms with E-state index in [0.29, 0.717) is 18.1 Å². The van der Waals surface area contributed by atoms with E-state index in [2.05, 4.69) is 10.3 Å². The average Bonchev–Trinajstić information content (AvgIpc) is 2.78. The lowest BCUT2D eigenvalue weighted by molar-refractivity contribution is -0.140. The summed E-state index contributed by atoms with van der Waals surface area (Å²) in [5.41, 5.74) is 2.58. The van der Waals surface area contributed by atoms with Crippen molar-refractivity contribution in [3.05, 3.63) is 101 Å². The second kappa shape index (κ2) is 10.6. The first-order valence-electron chi connectivity index (χ1n) is 9.78. The van der Waals surface area contributed by atoms with Gasteiger partial charge in [-0.2, -0.15) is 0 Å². The van der Waals surface area contributed by atoms with Gasteiger partial charge in [0.15, 0.2) is 0 Å². The first kappa shape index (κ1) is 21.5. The van der Waals surface area contributed by atoms with E-state index < -0.39 is 6.04 Å². The molecule has 0 spiro atoms. The van der Waals surface area contributed by atoms with Crippen LogP contribution in [0.5, 0.6) is 0 Å². The van der Waals surface area contributed by atoms with Crippen molar-refractivity contribution >= 4 is 23.4 Å². The van der Waals surface area contributed by atoms with Gasteiger partial charge < -0.3 is 10.2 Å². The summed E-state index contributed by atoms with van der Waals surface area (Å²) in [6.45, 7) is 2.37. The monoisotopic (exact) mass is 421 g/mol. The van der Waals surface area contributed by atoms with Crippen LogP contribution in [-0.4, -0.2) is 27.7 Å². The van der Waals surface area contributed by atoms with E-state index in [4.69, 9.17) is 11.6 Å². The van der Waals surface area contributed by atoms with E-state index >= 15 is 0 Å². The number of pyridine rings is 1. The summed E-state index contributed by atoms with van der Waals surface area (Å²) in [5.74, 6) is -0.340. The zero-order chi connectivity index (χ0) is 21.3. The Bertz CT molecular complexity index is 963. The Morgan fingerprint density at radius 1 is 0.967 bits per heavy atom. The SMILES string of the molecule is C[C@@H](C(=O)NCc1ccccn1)N(Cc1ccc(Cl)cc1)C(=O)Cc1ccccc1. The molecule has 5 nitrogen and oxygen atoms in total. The number of hydrogen-bond acceptors (Lipinski definition) is 3. The highest BCUT2D eigenvalue weighted by Gasteiger charge is 2.26. The average molecular weight is 422 g/mol. The standard InChI is InChI=1S/C24H24ClN3O2/c1-18(24(30)27-16-22-9-5-6-14-26-22)28(17-20-10-12-21(25)13-11-20)23(29)15-19-7-3-2-4-8-19/h2-14,18H,15-17H2,1H3,(H,27,30)/t18-/m0/s1. The summed E-state index contributed by atoms with van der Waals surface area (Å²) in [4.78, 5) is 31.7. The molecule has 2 aromatic carbocycles. The quantitative estimate of drug-likeness (QED) is 0.597. The van der Waals surface area contributed by atoms with Crippen LogP contribution in [0.15, 0.2) is 79.0 Å². The van der Waals surface area contributed by atoms with Gasteiger partial charge in [-0.25, -0.2) is 0 Å². The lowest BCUT2D eigenvalue weighted by atomic mass is 10.1. The van der Waals surface area contributed by atoms with E-state index in [1.165, 1.54) is 0 Å². The Morgan fingerprint density at radius 3 is 2.33 bits per heavy atom. The van der Waals surface area contributed by atoms with Crippen LogP contribution in [0, 0.1) is 0 Å². The number of benzene rings is 2. The van der Waals surface area contributed by atoms with Gasteiger partial charge in [0.1, 0.15) is 6.04 Å². The van der Waals surface area contributed by atoms with Crippen LogP contribution < -0.4 is 5.32 Å². The molecule has 0 bridgehead atoms. The highest BCUT2D eigenvalue weighted by atomic mass is 35.5. The number of nitrogens with one attached hydrogen (secondary N) is 1. The molecule has 0 unspecified atom stereocenters. The number of hydrogen-bond donors (Lipinski definition) is 1. The van der Waals surface area contributed by atoms with Crippen molar-refractivity contribution in [1.29, 1.82) is 0 Å². The number of carbonyl (C=O) groups is 2. The van der Waals surface area contributed by atoms with Crippen LogP contribution in [0.4, 0.5) is 0 Å². The molecule has 0 aliphatic carbocycles. The third-order valence-electron chi connectivity index (χ3n) is 4.80. The molecule has 6 heteroatoms. The van der Waals surface area contributed by atoms with Crippen molar-refractivity contribution < 1.29 is 9.59 Å². The topological polar surface area (TPSA) is 62.3 Å². The summed E-state index contributed by atoms with van der Waals surface area (Å²) in [5, 5.41) is 3.50. The number of carbonyl (C=O) groups excluding carboxylic acids is 2. The predicted molar refractivity (Wildman–Crippen MR) is 118 cm³/mol. The minimum atomic E-state index is -0.638. The van der Waals surface area contributed by atoms with E-state index in [1.54, 1.807) is 30.2 Å². The lowest BCUT2D eigenvalue weighted by Crippen LogP contribution is -2.48. The number of rotatable bonds is 8. The fourth-order valence-corrected chi connectivity index (χ4v) is 3.20. The molecule has 1 N–H and O–H groups in total. The number of nitrogens with zero attached hydrogens (tertiary/aromatic N) is 2. The minimum absolute atomic E-state index is 0.114. The molecule has 0 aliphatic heterocycles. The van der Waals surface area contributed by atoms with Gasteiger partial charge in [-0.1, -0.05) is 60.1 Å². The third kappa shape index (κ3) is 6.16. The second-order valence-electron chi connectivity index (χ2n) is 7.03. The molecule has 1 aromatic heterocycles. The third-order valence-corrected chi connectivity index (χ3v) is 5.05. The summed E-state index contributed by atoms with van der Waals surface area (Å²) in [6, 6.07) is 21.7. The molecule has 0 saturated carbocycles. The maximum atomic E-state index is 13.1. The minimum Gasteiger partial charge on any atom is -0.349 e. The predicted octanol–water partition coefficient (Wildman–Crippen LogP) is 4.01. The smallest absolute Gasteiger partial charge is 0.242 e. The second-order valence-corrected chi connectivity index (χ2v) is 7.46. The Kier molecular flexibility index (Phi) is 7.57. The van der Waals surface area contributed by atoms with E-state index in [1.807, 2.05) is 60.7 Å². The highest BCUT2D eigenvalue weighted by Crippen LogP contribution is 2.15. The molecule has 0 fully saturated rings. The highest BCUT2D eigenvalue weighted by molar-refractivity contribution is 6.30. The molecule has 30 heavy (non-hydrogen) atoms. The van der Waals surface area contributed by atoms with Crippen molar-refractivity contribution in [2.75, 3.05) is 0 Å². The van der Waals surface area contributed by atoms with Gasteiger partial charge >= 0.3 is 0 Å². The lowest BCUT2D eigenvalue weighted by Gasteiger charge is -2.29. The van der Waals surface area contributed by atoms with Gasteiger partial charge in [-0.15, -0.1) is 0 Å². The fourth-order valence-electron chi connectivity index (χ4n) is 3.07.